The molecule has 1 aliphatic heterocycles. The zero-order valence-corrected chi connectivity index (χ0v) is 30.6. The van der Waals surface area contributed by atoms with Crippen molar-refractivity contribution < 1.29 is 42.5 Å². The maximum absolute atomic E-state index is 15.5. The van der Waals surface area contributed by atoms with Gasteiger partial charge in [-0.1, -0.05) is 81.4 Å². The lowest BCUT2D eigenvalue weighted by molar-refractivity contribution is -0.177. The monoisotopic (exact) mass is 696 g/mol. The Morgan fingerprint density at radius 3 is 2.14 bits per heavy atom. The first-order valence-corrected chi connectivity index (χ1v) is 17.2. The maximum Gasteiger partial charge on any atom is 0.348 e. The summed E-state index contributed by atoms with van der Waals surface area (Å²) in [6, 6.07) is 14.5. The van der Waals surface area contributed by atoms with Crippen LogP contribution in [0.5, 0.6) is 0 Å². The number of hydrogen-bond acceptors (Lipinski definition) is 9. The Bertz CT molecular complexity index is 1450. The molecule has 5 atom stereocenters. The number of benzene rings is 2. The van der Waals surface area contributed by atoms with Gasteiger partial charge in [-0.25, -0.2) is 14.0 Å². The van der Waals surface area contributed by atoms with Crippen LogP contribution < -0.4 is 5.32 Å². The highest BCUT2D eigenvalue weighted by Gasteiger charge is 2.44. The van der Waals surface area contributed by atoms with Gasteiger partial charge >= 0.3 is 17.9 Å². The molecule has 0 aromatic heterocycles. The zero-order valence-electron chi connectivity index (χ0n) is 30.6. The van der Waals surface area contributed by atoms with E-state index in [2.05, 4.69) is 5.32 Å². The minimum atomic E-state index is -1.94. The summed E-state index contributed by atoms with van der Waals surface area (Å²) in [4.78, 5) is 55.0. The van der Waals surface area contributed by atoms with Crippen molar-refractivity contribution in [2.24, 2.45) is 11.8 Å². The fourth-order valence-corrected chi connectivity index (χ4v) is 5.67. The number of amides is 1. The van der Waals surface area contributed by atoms with E-state index >= 15 is 4.39 Å². The van der Waals surface area contributed by atoms with Crippen LogP contribution in [0.3, 0.4) is 0 Å². The van der Waals surface area contributed by atoms with Crippen LogP contribution in [0.15, 0.2) is 60.7 Å². The number of esters is 3. The molecule has 1 aliphatic rings. The Labute approximate surface area is 295 Å². The normalized spacial score (nSPS) is 16.3. The highest BCUT2D eigenvalue weighted by Crippen LogP contribution is 2.29. The second-order valence-corrected chi connectivity index (χ2v) is 13.8. The summed E-state index contributed by atoms with van der Waals surface area (Å²) in [6.45, 7) is 10.5. The number of alkyl halides is 1. The van der Waals surface area contributed by atoms with Gasteiger partial charge in [-0.15, -0.1) is 0 Å². The largest absolute Gasteiger partial charge is 0.458 e. The Balaban J connectivity index is 1.86. The molecule has 0 fully saturated rings. The SMILES string of the molecule is CN[C@@H](CC(C)C)C(=O)O[C@H](C)C(=O)N(C)[C@H](C(=O)O[C@H](Cc1ccc(C2=CCOCC2)cc1)C(=O)OCc1ccccc1)[C@@H](C)C(C)(C)F. The van der Waals surface area contributed by atoms with E-state index in [1.807, 2.05) is 62.4 Å². The van der Waals surface area contributed by atoms with Crippen LogP contribution in [0.4, 0.5) is 4.39 Å². The third kappa shape index (κ3) is 11.8. The van der Waals surface area contributed by atoms with Crippen molar-refractivity contribution in [3.8, 4) is 0 Å². The van der Waals surface area contributed by atoms with Crippen molar-refractivity contribution in [1.82, 2.24) is 10.2 Å². The number of hydrogen-bond donors (Lipinski definition) is 1. The molecule has 11 heteroatoms. The molecule has 0 aliphatic carbocycles. The van der Waals surface area contributed by atoms with Crippen LogP contribution in [0.25, 0.3) is 5.57 Å². The van der Waals surface area contributed by atoms with Crippen molar-refractivity contribution in [2.75, 3.05) is 27.3 Å². The number of nitrogens with zero attached hydrogens (tertiary/aromatic N) is 1. The smallest absolute Gasteiger partial charge is 0.348 e. The molecule has 50 heavy (non-hydrogen) atoms. The highest BCUT2D eigenvalue weighted by atomic mass is 19.1. The first kappa shape index (κ1) is 40.3. The van der Waals surface area contributed by atoms with Gasteiger partial charge in [-0.2, -0.15) is 0 Å². The fourth-order valence-electron chi connectivity index (χ4n) is 5.67. The Hall–Kier alpha value is -4.09. The molecular formula is C39H53FN2O8. The predicted molar refractivity (Wildman–Crippen MR) is 188 cm³/mol. The number of carbonyl (C=O) groups excluding carboxylic acids is 4. The van der Waals surface area contributed by atoms with Gasteiger partial charge in [-0.3, -0.25) is 9.59 Å². The number of ether oxygens (including phenoxy) is 4. The molecule has 2 aromatic rings. The molecule has 0 bridgehead atoms. The lowest BCUT2D eigenvalue weighted by atomic mass is 9.86. The average molecular weight is 697 g/mol. The molecule has 0 unspecified atom stereocenters. The molecule has 1 heterocycles. The van der Waals surface area contributed by atoms with Gasteiger partial charge in [0.1, 0.15) is 24.4 Å². The molecule has 0 spiro atoms. The second-order valence-electron chi connectivity index (χ2n) is 13.8. The van der Waals surface area contributed by atoms with Gasteiger partial charge in [0, 0.05) is 19.4 Å². The lowest BCUT2D eigenvalue weighted by Gasteiger charge is -2.37. The molecule has 274 valence electrons. The molecular weight excluding hydrogens is 643 g/mol. The Kier molecular flexibility index (Phi) is 15.1. The van der Waals surface area contributed by atoms with Crippen molar-refractivity contribution in [3.05, 3.63) is 77.4 Å². The van der Waals surface area contributed by atoms with E-state index in [1.165, 1.54) is 34.7 Å². The molecule has 0 radical (unpaired) electrons. The Morgan fingerprint density at radius 1 is 0.920 bits per heavy atom. The number of carbonyl (C=O) groups is 4. The zero-order chi connectivity index (χ0) is 37.0. The third-order valence-electron chi connectivity index (χ3n) is 9.00. The fraction of sp³-hybridized carbons (Fsp3) is 0.538. The molecule has 2 aromatic carbocycles. The van der Waals surface area contributed by atoms with Gasteiger partial charge in [0.15, 0.2) is 6.10 Å². The minimum Gasteiger partial charge on any atom is -0.458 e. The summed E-state index contributed by atoms with van der Waals surface area (Å²) < 4.78 is 37.8. The van der Waals surface area contributed by atoms with E-state index in [-0.39, 0.29) is 18.9 Å². The van der Waals surface area contributed by atoms with Crippen LogP contribution in [0, 0.1) is 11.8 Å². The number of halogens is 1. The molecule has 3 rings (SSSR count). The first-order valence-electron chi connectivity index (χ1n) is 17.2. The van der Waals surface area contributed by atoms with Crippen molar-refractivity contribution in [1.29, 1.82) is 0 Å². The van der Waals surface area contributed by atoms with E-state index < -0.39 is 59.7 Å². The Morgan fingerprint density at radius 2 is 1.58 bits per heavy atom. The quantitative estimate of drug-likeness (QED) is 0.170. The summed E-state index contributed by atoms with van der Waals surface area (Å²) in [5.41, 5.74) is 1.69. The van der Waals surface area contributed by atoms with E-state index in [9.17, 15) is 19.2 Å². The average Bonchev–Trinajstić information content (AvgIpc) is 3.09. The molecule has 0 saturated heterocycles. The summed E-state index contributed by atoms with van der Waals surface area (Å²) in [7, 11) is 2.96. The van der Waals surface area contributed by atoms with Crippen LogP contribution in [0.1, 0.15) is 71.1 Å². The summed E-state index contributed by atoms with van der Waals surface area (Å²) in [5, 5.41) is 2.90. The van der Waals surface area contributed by atoms with E-state index in [0.29, 0.717) is 25.2 Å². The lowest BCUT2D eigenvalue weighted by Crippen LogP contribution is -2.55. The number of likely N-dealkylation sites (N-methyl/N-ethyl adjacent to an activating group) is 2. The van der Waals surface area contributed by atoms with Gasteiger partial charge in [0.2, 0.25) is 6.10 Å². The van der Waals surface area contributed by atoms with E-state index in [4.69, 9.17) is 18.9 Å². The first-order chi connectivity index (χ1) is 23.6. The second kappa shape index (κ2) is 18.8. The molecule has 10 nitrogen and oxygen atoms in total. The van der Waals surface area contributed by atoms with Crippen LogP contribution in [0.2, 0.25) is 0 Å². The topological polar surface area (TPSA) is 120 Å². The standard InChI is InChI=1S/C39H53FN2O8/c1-25(2)22-32(41-7)36(44)49-27(4)35(43)42(8)34(26(3)39(5,6)40)38(46)50-33(37(45)48-24-29-12-10-9-11-13-29)23-28-14-16-30(17-15-28)31-18-20-47-21-19-31/h9-18,25-27,32-34,41H,19-24H2,1-8H3/t26-,27-,32+,33-,34+/m1/s1. The van der Waals surface area contributed by atoms with Gasteiger partial charge in [0.05, 0.1) is 13.2 Å². The molecule has 0 saturated carbocycles. The summed E-state index contributed by atoms with van der Waals surface area (Å²) >= 11 is 0. The van der Waals surface area contributed by atoms with Crippen LogP contribution in [-0.4, -0.2) is 86.0 Å². The van der Waals surface area contributed by atoms with Crippen molar-refractivity contribution in [3.63, 3.8) is 0 Å². The minimum absolute atomic E-state index is 0.0190. The summed E-state index contributed by atoms with van der Waals surface area (Å²) in [6.07, 6.45) is 0.607. The van der Waals surface area contributed by atoms with Crippen LogP contribution in [-0.2, 0) is 51.2 Å². The van der Waals surface area contributed by atoms with E-state index in [0.717, 1.165) is 28.0 Å². The number of rotatable bonds is 17. The highest BCUT2D eigenvalue weighted by molar-refractivity contribution is 5.90. The third-order valence-corrected chi connectivity index (χ3v) is 9.00. The number of nitrogens with one attached hydrogen (secondary N) is 1. The predicted octanol–water partition coefficient (Wildman–Crippen LogP) is 5.47. The molecule has 1 amide bonds. The van der Waals surface area contributed by atoms with Crippen LogP contribution >= 0.6 is 0 Å². The maximum atomic E-state index is 15.5. The van der Waals surface area contributed by atoms with E-state index in [1.54, 1.807) is 19.2 Å². The molecule has 1 N–H and O–H groups in total. The van der Waals surface area contributed by atoms with Crippen molar-refractivity contribution >= 4 is 29.4 Å². The van der Waals surface area contributed by atoms with Crippen molar-refractivity contribution in [2.45, 2.75) is 97.4 Å². The summed E-state index contributed by atoms with van der Waals surface area (Å²) in [5.74, 6) is -4.01. The van der Waals surface area contributed by atoms with Gasteiger partial charge < -0.3 is 29.2 Å². The van der Waals surface area contributed by atoms with Gasteiger partial charge in [0.25, 0.3) is 5.91 Å². The van der Waals surface area contributed by atoms with Gasteiger partial charge in [-0.05, 0) is 68.8 Å².